The second-order valence-corrected chi connectivity index (χ2v) is 13.8. The van der Waals surface area contributed by atoms with Gasteiger partial charge in [0.15, 0.2) is 18.3 Å². The van der Waals surface area contributed by atoms with Crippen LogP contribution in [0.4, 0.5) is 0 Å². The molecule has 1 saturated heterocycles. The van der Waals surface area contributed by atoms with Gasteiger partial charge in [0.25, 0.3) is 0 Å². The molecule has 304 valence electrons. The van der Waals surface area contributed by atoms with E-state index in [0.717, 1.165) is 52.7 Å². The Bertz CT molecular complexity index is 1520. The maximum absolute atomic E-state index is 13.4. The molecule has 0 bridgehead atoms. The van der Waals surface area contributed by atoms with Crippen LogP contribution in [0.3, 0.4) is 0 Å². The number of aryl methyl sites for hydroxylation is 1. The number of rotatable bonds is 23. The molecule has 1 fully saturated rings. The first-order valence-electron chi connectivity index (χ1n) is 19.4. The fourth-order valence-electron chi connectivity index (χ4n) is 6.60. The Balaban J connectivity index is 1.82. The van der Waals surface area contributed by atoms with Crippen LogP contribution < -0.4 is 4.74 Å². The molecule has 2 aromatic carbocycles. The summed E-state index contributed by atoms with van der Waals surface area (Å²) in [6.45, 7) is 5.49. The van der Waals surface area contributed by atoms with Crippen molar-refractivity contribution in [3.63, 3.8) is 0 Å². The Morgan fingerprint density at radius 3 is 1.76 bits per heavy atom. The molecule has 0 saturated carbocycles. The SMILES string of the molecule is CCCCCCCCCCCCCCCc1cc(O[C@@H]2O[C@H](C(=O)OC)[C@@H](OC(C)=O)[C@H](OC(C)=O)[C@H]2OC(C)=O)cc(O)c1C(=O)OCc1ccccc1. The van der Waals surface area contributed by atoms with E-state index in [1.807, 2.05) is 30.3 Å². The van der Waals surface area contributed by atoms with E-state index in [9.17, 15) is 29.1 Å². The largest absolute Gasteiger partial charge is 0.507 e. The Hall–Kier alpha value is -4.65. The highest BCUT2D eigenvalue weighted by molar-refractivity contribution is 5.94. The monoisotopic (exact) mass is 770 g/mol. The van der Waals surface area contributed by atoms with Crippen molar-refractivity contribution in [2.24, 2.45) is 0 Å². The zero-order valence-electron chi connectivity index (χ0n) is 32.9. The lowest BCUT2D eigenvalue weighted by Crippen LogP contribution is -2.64. The molecular formula is C42H58O13. The van der Waals surface area contributed by atoms with Crippen LogP contribution in [0.25, 0.3) is 0 Å². The number of hydrogen-bond donors (Lipinski definition) is 1. The lowest BCUT2D eigenvalue weighted by atomic mass is 9.97. The third-order valence-electron chi connectivity index (χ3n) is 9.23. The molecule has 5 atom stereocenters. The second kappa shape index (κ2) is 24.0. The summed E-state index contributed by atoms with van der Waals surface area (Å²) in [6, 6.07) is 11.9. The minimum atomic E-state index is -1.67. The van der Waals surface area contributed by atoms with Crippen molar-refractivity contribution in [3.05, 3.63) is 59.2 Å². The van der Waals surface area contributed by atoms with Gasteiger partial charge in [-0.3, -0.25) is 14.4 Å². The van der Waals surface area contributed by atoms with Gasteiger partial charge in [-0.05, 0) is 30.0 Å². The van der Waals surface area contributed by atoms with Gasteiger partial charge in [0, 0.05) is 26.8 Å². The lowest BCUT2D eigenvalue weighted by Gasteiger charge is -2.43. The van der Waals surface area contributed by atoms with Crippen molar-refractivity contribution in [1.82, 2.24) is 0 Å². The predicted molar refractivity (Wildman–Crippen MR) is 201 cm³/mol. The first-order chi connectivity index (χ1) is 26.4. The average molecular weight is 771 g/mol. The summed E-state index contributed by atoms with van der Waals surface area (Å²) in [5.41, 5.74) is 1.19. The zero-order chi connectivity index (χ0) is 40.2. The van der Waals surface area contributed by atoms with Gasteiger partial charge < -0.3 is 38.3 Å². The summed E-state index contributed by atoms with van der Waals surface area (Å²) in [4.78, 5) is 62.9. The highest BCUT2D eigenvalue weighted by Crippen LogP contribution is 2.35. The quantitative estimate of drug-likeness (QED) is 0.0672. The van der Waals surface area contributed by atoms with Gasteiger partial charge in [0.2, 0.25) is 12.4 Å². The van der Waals surface area contributed by atoms with Crippen LogP contribution in [0.2, 0.25) is 0 Å². The molecule has 0 amide bonds. The first kappa shape index (κ1) is 44.7. The molecule has 0 unspecified atom stereocenters. The molecule has 0 aliphatic carbocycles. The second-order valence-electron chi connectivity index (χ2n) is 13.8. The fraction of sp³-hybridized carbons (Fsp3) is 0.595. The van der Waals surface area contributed by atoms with E-state index in [2.05, 4.69) is 6.92 Å². The van der Waals surface area contributed by atoms with Crippen LogP contribution in [0.5, 0.6) is 11.5 Å². The van der Waals surface area contributed by atoms with Gasteiger partial charge >= 0.3 is 29.8 Å². The van der Waals surface area contributed by atoms with E-state index in [0.29, 0.717) is 18.4 Å². The summed E-state index contributed by atoms with van der Waals surface area (Å²) in [6.07, 6.45) is 7.57. The molecule has 1 heterocycles. The Morgan fingerprint density at radius 1 is 0.691 bits per heavy atom. The minimum Gasteiger partial charge on any atom is -0.507 e. The minimum absolute atomic E-state index is 0.00845. The van der Waals surface area contributed by atoms with Crippen molar-refractivity contribution >= 4 is 29.8 Å². The van der Waals surface area contributed by atoms with Gasteiger partial charge in [0.05, 0.1) is 7.11 Å². The number of phenolic OH excluding ortho intramolecular Hbond substituents is 1. The maximum atomic E-state index is 13.4. The van der Waals surface area contributed by atoms with Crippen molar-refractivity contribution in [1.29, 1.82) is 0 Å². The molecule has 13 nitrogen and oxygen atoms in total. The molecule has 3 rings (SSSR count). The van der Waals surface area contributed by atoms with E-state index in [1.165, 1.54) is 63.9 Å². The van der Waals surface area contributed by atoms with Gasteiger partial charge in [0.1, 0.15) is 23.7 Å². The smallest absolute Gasteiger partial charge is 0.342 e. The van der Waals surface area contributed by atoms with Gasteiger partial charge in [-0.1, -0.05) is 114 Å². The Kier molecular flexibility index (Phi) is 19.5. The van der Waals surface area contributed by atoms with Gasteiger partial charge in [-0.2, -0.15) is 0 Å². The van der Waals surface area contributed by atoms with Gasteiger partial charge in [-0.15, -0.1) is 0 Å². The van der Waals surface area contributed by atoms with Crippen LogP contribution in [-0.2, 0) is 60.6 Å². The topological polar surface area (TPSA) is 170 Å². The van der Waals surface area contributed by atoms with E-state index in [4.69, 9.17) is 33.2 Å². The number of carbonyl (C=O) groups is 5. The van der Waals surface area contributed by atoms with Crippen molar-refractivity contribution in [2.75, 3.05) is 7.11 Å². The molecular weight excluding hydrogens is 712 g/mol. The van der Waals surface area contributed by atoms with E-state index >= 15 is 0 Å². The molecule has 0 radical (unpaired) electrons. The fourth-order valence-corrected chi connectivity index (χ4v) is 6.60. The number of benzene rings is 2. The van der Waals surface area contributed by atoms with E-state index in [1.54, 1.807) is 6.07 Å². The van der Waals surface area contributed by atoms with Crippen LogP contribution in [-0.4, -0.2) is 72.8 Å². The summed E-state index contributed by atoms with van der Waals surface area (Å²) >= 11 is 0. The number of ether oxygens (including phenoxy) is 7. The van der Waals surface area contributed by atoms with E-state index in [-0.39, 0.29) is 17.9 Å². The number of esters is 5. The summed E-state index contributed by atoms with van der Waals surface area (Å²) in [7, 11) is 1.09. The molecule has 0 spiro atoms. The van der Waals surface area contributed by atoms with Crippen molar-refractivity contribution in [2.45, 2.75) is 155 Å². The number of aromatic hydroxyl groups is 1. The summed E-state index contributed by atoms with van der Waals surface area (Å²) < 4.78 is 38.7. The normalized spacial score (nSPS) is 19.2. The molecule has 13 heteroatoms. The number of hydrogen-bond acceptors (Lipinski definition) is 13. The standard InChI is InChI=1S/C42H58O13/c1-6-7-8-9-10-11-12-13-14-15-16-17-21-24-32-25-33(26-34(46)35(32)40(47)50-27-31-22-19-18-20-23-31)54-42-39(53-30(4)45)37(52-29(3)44)36(51-28(2)43)38(55-42)41(48)49-5/h18-20,22-23,25-26,36-39,42,46H,6-17,21,24,27H2,1-5H3/t36-,37-,38-,39+,42+/m0/s1. The maximum Gasteiger partial charge on any atom is 0.342 e. The molecule has 1 N–H and O–H groups in total. The lowest BCUT2D eigenvalue weighted by molar-refractivity contribution is -0.282. The predicted octanol–water partition coefficient (Wildman–Crippen LogP) is 7.45. The van der Waals surface area contributed by atoms with E-state index < -0.39 is 66.3 Å². The number of methoxy groups -OCH3 is 1. The number of unbranched alkanes of at least 4 members (excludes halogenated alkanes) is 12. The molecule has 1 aliphatic rings. The summed E-state index contributed by atoms with van der Waals surface area (Å²) in [5, 5.41) is 11.3. The number of phenols is 1. The summed E-state index contributed by atoms with van der Waals surface area (Å²) in [5.74, 6) is -4.65. The molecule has 55 heavy (non-hydrogen) atoms. The van der Waals surface area contributed by atoms with Crippen LogP contribution in [0.15, 0.2) is 42.5 Å². The van der Waals surface area contributed by atoms with Gasteiger partial charge in [-0.25, -0.2) is 9.59 Å². The Labute approximate surface area is 324 Å². The van der Waals surface area contributed by atoms with Crippen LogP contribution in [0.1, 0.15) is 133 Å². The highest BCUT2D eigenvalue weighted by atomic mass is 16.7. The highest BCUT2D eigenvalue weighted by Gasteiger charge is 2.56. The molecule has 2 aromatic rings. The first-order valence-corrected chi connectivity index (χ1v) is 19.4. The van der Waals surface area contributed by atoms with Crippen LogP contribution >= 0.6 is 0 Å². The third-order valence-corrected chi connectivity index (χ3v) is 9.23. The van der Waals surface area contributed by atoms with Crippen LogP contribution in [0, 0.1) is 0 Å². The number of carbonyl (C=O) groups excluding carboxylic acids is 5. The van der Waals surface area contributed by atoms with Crippen molar-refractivity contribution in [3.8, 4) is 11.5 Å². The van der Waals surface area contributed by atoms with Crippen molar-refractivity contribution < 1.29 is 62.2 Å². The molecule has 1 aliphatic heterocycles. The third kappa shape index (κ3) is 15.2. The Morgan fingerprint density at radius 2 is 1.22 bits per heavy atom. The molecule has 0 aromatic heterocycles. The average Bonchev–Trinajstić information content (AvgIpc) is 3.14. The zero-order valence-corrected chi connectivity index (χ0v) is 32.9.